The normalized spacial score (nSPS) is 20.6. The lowest BCUT2D eigenvalue weighted by Crippen LogP contribution is -2.42. The average molecular weight is 310 g/mol. The predicted molar refractivity (Wildman–Crippen MR) is 82.6 cm³/mol. The Hall–Kier alpha value is -1.40. The third kappa shape index (κ3) is 5.13. The van der Waals surface area contributed by atoms with Crippen LogP contribution in [0.3, 0.4) is 0 Å². The van der Waals surface area contributed by atoms with Crippen molar-refractivity contribution < 1.29 is 13.2 Å². The van der Waals surface area contributed by atoms with Crippen molar-refractivity contribution in [2.75, 3.05) is 24.6 Å². The number of carbonyl (C=O) groups is 1. The highest BCUT2D eigenvalue weighted by Gasteiger charge is 2.29. The number of nitrogens with zero attached hydrogens (tertiary/aromatic N) is 1. The SMILES string of the molecule is CCN(CC(=O)N[C@@H]1CCS(=O)(=O)C1)Cc1ccccc1. The van der Waals surface area contributed by atoms with E-state index >= 15 is 0 Å². The molecule has 1 amide bonds. The summed E-state index contributed by atoms with van der Waals surface area (Å²) in [4.78, 5) is 14.1. The Morgan fingerprint density at radius 2 is 2.05 bits per heavy atom. The van der Waals surface area contributed by atoms with Gasteiger partial charge in [0.25, 0.3) is 0 Å². The van der Waals surface area contributed by atoms with E-state index in [9.17, 15) is 13.2 Å². The van der Waals surface area contributed by atoms with Gasteiger partial charge in [-0.25, -0.2) is 8.42 Å². The molecule has 1 atom stereocenters. The first-order valence-electron chi connectivity index (χ1n) is 7.24. The van der Waals surface area contributed by atoms with E-state index in [4.69, 9.17) is 0 Å². The summed E-state index contributed by atoms with van der Waals surface area (Å²) in [5, 5.41) is 2.83. The van der Waals surface area contributed by atoms with Crippen LogP contribution in [0.2, 0.25) is 0 Å². The molecule has 0 bridgehead atoms. The van der Waals surface area contributed by atoms with E-state index in [-0.39, 0.29) is 23.5 Å². The number of sulfone groups is 1. The van der Waals surface area contributed by atoms with Gasteiger partial charge in [-0.2, -0.15) is 0 Å². The lowest BCUT2D eigenvalue weighted by Gasteiger charge is -2.21. The van der Waals surface area contributed by atoms with Gasteiger partial charge >= 0.3 is 0 Å². The minimum atomic E-state index is -2.95. The summed E-state index contributed by atoms with van der Waals surface area (Å²) in [7, 11) is -2.95. The van der Waals surface area contributed by atoms with E-state index in [1.165, 1.54) is 0 Å². The zero-order chi connectivity index (χ0) is 15.3. The van der Waals surface area contributed by atoms with Gasteiger partial charge in [-0.15, -0.1) is 0 Å². The first-order chi connectivity index (χ1) is 9.98. The van der Waals surface area contributed by atoms with Gasteiger partial charge in [0.15, 0.2) is 9.84 Å². The smallest absolute Gasteiger partial charge is 0.234 e. The Morgan fingerprint density at radius 1 is 1.33 bits per heavy atom. The number of likely N-dealkylation sites (N-methyl/N-ethyl adjacent to an activating group) is 1. The van der Waals surface area contributed by atoms with Crippen molar-refractivity contribution in [2.24, 2.45) is 0 Å². The van der Waals surface area contributed by atoms with Crippen LogP contribution < -0.4 is 5.32 Å². The third-order valence-electron chi connectivity index (χ3n) is 3.66. The van der Waals surface area contributed by atoms with E-state index in [1.807, 2.05) is 42.2 Å². The molecule has 1 fully saturated rings. The fourth-order valence-electron chi connectivity index (χ4n) is 2.51. The first kappa shape index (κ1) is 16.0. The minimum absolute atomic E-state index is 0.0730. The number of carbonyl (C=O) groups excluding carboxylic acids is 1. The number of hydrogen-bond acceptors (Lipinski definition) is 4. The molecule has 0 radical (unpaired) electrons. The molecule has 0 saturated carbocycles. The van der Waals surface area contributed by atoms with Gasteiger partial charge in [-0.3, -0.25) is 9.69 Å². The van der Waals surface area contributed by atoms with Crippen LogP contribution in [0.15, 0.2) is 30.3 Å². The maximum Gasteiger partial charge on any atom is 0.234 e. The van der Waals surface area contributed by atoms with E-state index in [0.29, 0.717) is 19.5 Å². The highest BCUT2D eigenvalue weighted by molar-refractivity contribution is 7.91. The van der Waals surface area contributed by atoms with Crippen LogP contribution >= 0.6 is 0 Å². The average Bonchev–Trinajstić information content (AvgIpc) is 2.78. The predicted octanol–water partition coefficient (Wildman–Crippen LogP) is 0.812. The maximum absolute atomic E-state index is 12.0. The van der Waals surface area contributed by atoms with Crippen molar-refractivity contribution in [2.45, 2.75) is 25.9 Å². The summed E-state index contributed by atoms with van der Waals surface area (Å²) in [5.74, 6) is 0.151. The molecule has 21 heavy (non-hydrogen) atoms. The lowest BCUT2D eigenvalue weighted by molar-refractivity contribution is -0.122. The van der Waals surface area contributed by atoms with Crippen molar-refractivity contribution in [3.63, 3.8) is 0 Å². The molecule has 0 aliphatic carbocycles. The van der Waals surface area contributed by atoms with Gasteiger partial charge < -0.3 is 5.32 Å². The van der Waals surface area contributed by atoms with Gasteiger partial charge in [-0.05, 0) is 18.5 Å². The second kappa shape index (κ2) is 7.04. The largest absolute Gasteiger partial charge is 0.351 e. The van der Waals surface area contributed by atoms with Gasteiger partial charge in [0, 0.05) is 12.6 Å². The molecule has 2 rings (SSSR count). The maximum atomic E-state index is 12.0. The summed E-state index contributed by atoms with van der Waals surface area (Å²) in [6.45, 7) is 3.79. The topological polar surface area (TPSA) is 66.5 Å². The molecule has 1 aromatic carbocycles. The van der Waals surface area contributed by atoms with E-state index in [2.05, 4.69) is 5.32 Å². The summed E-state index contributed by atoms with van der Waals surface area (Å²) < 4.78 is 22.8. The Kier molecular flexibility index (Phi) is 5.36. The van der Waals surface area contributed by atoms with E-state index < -0.39 is 9.84 Å². The highest BCUT2D eigenvalue weighted by atomic mass is 32.2. The highest BCUT2D eigenvalue weighted by Crippen LogP contribution is 2.11. The fraction of sp³-hybridized carbons (Fsp3) is 0.533. The summed E-state index contributed by atoms with van der Waals surface area (Å²) >= 11 is 0. The second-order valence-electron chi connectivity index (χ2n) is 5.46. The quantitative estimate of drug-likeness (QED) is 0.844. The van der Waals surface area contributed by atoms with Crippen molar-refractivity contribution >= 4 is 15.7 Å². The van der Waals surface area contributed by atoms with Crippen LogP contribution in [0.25, 0.3) is 0 Å². The van der Waals surface area contributed by atoms with Crippen LogP contribution in [-0.2, 0) is 21.2 Å². The summed E-state index contributed by atoms with van der Waals surface area (Å²) in [6, 6.07) is 9.76. The number of nitrogens with one attached hydrogen (secondary N) is 1. The Bertz CT molecular complexity index is 572. The van der Waals surface area contributed by atoms with Gasteiger partial charge in [0.05, 0.1) is 18.1 Å². The molecule has 1 aliphatic heterocycles. The van der Waals surface area contributed by atoms with Crippen molar-refractivity contribution in [1.29, 1.82) is 0 Å². The van der Waals surface area contributed by atoms with Crippen molar-refractivity contribution in [1.82, 2.24) is 10.2 Å². The van der Waals surface area contributed by atoms with Gasteiger partial charge in [-0.1, -0.05) is 37.3 Å². The Morgan fingerprint density at radius 3 is 2.62 bits per heavy atom. The third-order valence-corrected chi connectivity index (χ3v) is 5.43. The van der Waals surface area contributed by atoms with E-state index in [1.54, 1.807) is 0 Å². The van der Waals surface area contributed by atoms with Crippen LogP contribution in [0, 0.1) is 0 Å². The Labute approximate surface area is 126 Å². The first-order valence-corrected chi connectivity index (χ1v) is 9.06. The monoisotopic (exact) mass is 310 g/mol. The second-order valence-corrected chi connectivity index (χ2v) is 7.69. The van der Waals surface area contributed by atoms with Gasteiger partial charge in [0.2, 0.25) is 5.91 Å². The van der Waals surface area contributed by atoms with Crippen LogP contribution in [0.1, 0.15) is 18.9 Å². The van der Waals surface area contributed by atoms with Crippen molar-refractivity contribution in [3.05, 3.63) is 35.9 Å². The molecule has 5 nitrogen and oxygen atoms in total. The molecule has 1 heterocycles. The molecule has 116 valence electrons. The zero-order valence-corrected chi connectivity index (χ0v) is 13.1. The molecule has 1 N–H and O–H groups in total. The molecular weight excluding hydrogens is 288 g/mol. The fourth-order valence-corrected chi connectivity index (χ4v) is 4.18. The summed E-state index contributed by atoms with van der Waals surface area (Å²) in [6.07, 6.45) is 0.527. The van der Waals surface area contributed by atoms with Crippen molar-refractivity contribution in [3.8, 4) is 0 Å². The molecule has 0 spiro atoms. The minimum Gasteiger partial charge on any atom is -0.351 e. The van der Waals surface area contributed by atoms with E-state index in [0.717, 1.165) is 12.1 Å². The van der Waals surface area contributed by atoms with Crippen LogP contribution in [-0.4, -0.2) is 49.9 Å². The number of amides is 1. The van der Waals surface area contributed by atoms with Gasteiger partial charge in [0.1, 0.15) is 0 Å². The van der Waals surface area contributed by atoms with Crippen LogP contribution in [0.5, 0.6) is 0 Å². The Balaban J connectivity index is 1.83. The summed E-state index contributed by atoms with van der Waals surface area (Å²) in [5.41, 5.74) is 1.16. The molecule has 6 heteroatoms. The number of benzene rings is 1. The number of hydrogen-bond donors (Lipinski definition) is 1. The molecular formula is C15H22N2O3S. The molecule has 0 unspecified atom stereocenters. The lowest BCUT2D eigenvalue weighted by atomic mass is 10.2. The number of rotatable bonds is 6. The molecule has 0 aromatic heterocycles. The molecule has 1 aliphatic rings. The standard InChI is InChI=1S/C15H22N2O3S/c1-2-17(10-13-6-4-3-5-7-13)11-15(18)16-14-8-9-21(19,20)12-14/h3-7,14H,2,8-12H2,1H3,(H,16,18)/t14-/m1/s1. The molecule has 1 aromatic rings. The van der Waals surface area contributed by atoms with Crippen LogP contribution in [0.4, 0.5) is 0 Å². The molecule has 1 saturated heterocycles. The zero-order valence-electron chi connectivity index (χ0n) is 12.3.